The minimum atomic E-state index is -4.23. The first-order chi connectivity index (χ1) is 25.4. The molecule has 1 aliphatic carbocycles. The van der Waals surface area contributed by atoms with Gasteiger partial charge in [0.1, 0.15) is 21.6 Å². The highest BCUT2D eigenvalue weighted by Gasteiger charge is 2.62. The molecule has 4 heterocycles. The monoisotopic (exact) mass is 795 g/mol. The molecule has 2 aliphatic rings. The molecule has 1 aliphatic heterocycles. The zero-order chi connectivity index (χ0) is 39.7. The predicted octanol–water partition coefficient (Wildman–Crippen LogP) is 9.90. The average molecular weight is 796 g/mol. The largest absolute Gasteiger partial charge is 0.477 e. The number of rotatable bonds is 15. The molecule has 54 heavy (non-hydrogen) atoms. The molecular formula is C38H53ClF3N7O4S. The second-order valence-electron chi connectivity index (χ2n) is 15.1. The van der Waals surface area contributed by atoms with Gasteiger partial charge >= 0.3 is 12.3 Å². The molecule has 11 nitrogen and oxygen atoms in total. The number of anilines is 1. The van der Waals surface area contributed by atoms with Crippen LogP contribution in [0, 0.1) is 11.3 Å². The molecular weight excluding hydrogens is 743 g/mol. The van der Waals surface area contributed by atoms with Gasteiger partial charge in [-0.3, -0.25) is 9.52 Å². The van der Waals surface area contributed by atoms with Crippen molar-refractivity contribution in [1.82, 2.24) is 29.4 Å². The summed E-state index contributed by atoms with van der Waals surface area (Å²) in [6.45, 7) is 15.3. The van der Waals surface area contributed by atoms with Crippen LogP contribution in [0.1, 0.15) is 110 Å². The summed E-state index contributed by atoms with van der Waals surface area (Å²) in [6, 6.07) is 10.1. The number of ether oxygens (including phenoxy) is 2. The third-order valence-electron chi connectivity index (χ3n) is 9.30. The molecule has 0 aromatic carbocycles. The van der Waals surface area contributed by atoms with Crippen molar-refractivity contribution in [2.75, 3.05) is 25.0 Å². The van der Waals surface area contributed by atoms with Crippen molar-refractivity contribution in [2.45, 2.75) is 122 Å². The second kappa shape index (κ2) is 18.3. The fourth-order valence-corrected chi connectivity index (χ4v) is 7.14. The normalized spacial score (nSPS) is 17.3. The maximum atomic E-state index is 13.2. The Bertz CT molecular complexity index is 1710. The number of aromatic nitrogens is 4. The summed E-state index contributed by atoms with van der Waals surface area (Å²) in [7, 11) is 0. The van der Waals surface area contributed by atoms with E-state index in [1.807, 2.05) is 51.7 Å². The molecule has 298 valence electrons. The number of likely N-dealkylation sites (tertiary alicyclic amines) is 1. The van der Waals surface area contributed by atoms with Crippen LogP contribution >= 0.6 is 23.5 Å². The van der Waals surface area contributed by atoms with E-state index in [1.165, 1.54) is 16.8 Å². The number of hydrogen-bond donors (Lipinski definition) is 2. The van der Waals surface area contributed by atoms with Crippen LogP contribution < -0.4 is 14.8 Å². The van der Waals surface area contributed by atoms with Crippen LogP contribution in [0.15, 0.2) is 47.6 Å². The Labute approximate surface area is 325 Å². The second-order valence-corrected chi connectivity index (χ2v) is 16.3. The van der Waals surface area contributed by atoms with Crippen LogP contribution in [0.3, 0.4) is 0 Å². The zero-order valence-corrected chi connectivity index (χ0v) is 33.8. The van der Waals surface area contributed by atoms with Crippen LogP contribution in [0.2, 0.25) is 5.15 Å². The third kappa shape index (κ3) is 11.9. The molecule has 1 atom stereocenters. The number of carbonyl (C=O) groups is 2. The summed E-state index contributed by atoms with van der Waals surface area (Å²) in [4.78, 5) is 36.3. The van der Waals surface area contributed by atoms with E-state index in [-0.39, 0.29) is 54.1 Å². The first-order valence-corrected chi connectivity index (χ1v) is 19.8. The van der Waals surface area contributed by atoms with E-state index >= 15 is 0 Å². The summed E-state index contributed by atoms with van der Waals surface area (Å²) >= 11 is 7.40. The fourth-order valence-electron chi connectivity index (χ4n) is 6.30. The number of pyridine rings is 2. The van der Waals surface area contributed by atoms with Gasteiger partial charge in [0, 0.05) is 42.8 Å². The van der Waals surface area contributed by atoms with Gasteiger partial charge in [0.15, 0.2) is 5.82 Å². The number of unbranched alkanes of at least 4 members (excludes halogenated alkanes) is 2. The summed E-state index contributed by atoms with van der Waals surface area (Å²) in [5.74, 6) is 1.17. The Balaban J connectivity index is 0.00000319. The Morgan fingerprint density at radius 3 is 2.44 bits per heavy atom. The number of alkyl halides is 3. The lowest BCUT2D eigenvalue weighted by molar-refractivity contribution is -0.190. The smallest absolute Gasteiger partial charge is 0.410 e. The Hall–Kier alpha value is -3.72. The number of halogens is 4. The number of carbonyl (C=O) groups excluding carboxylic acids is 2. The average Bonchev–Trinajstić information content (AvgIpc) is 3.65. The third-order valence-corrected chi connectivity index (χ3v) is 10.3. The maximum Gasteiger partial charge on any atom is 0.410 e. The molecule has 3 aromatic heterocycles. The molecule has 2 fully saturated rings. The van der Waals surface area contributed by atoms with Crippen molar-refractivity contribution in [3.05, 3.63) is 53.3 Å². The van der Waals surface area contributed by atoms with Gasteiger partial charge in [0.25, 0.3) is 5.91 Å². The lowest BCUT2D eigenvalue weighted by Gasteiger charge is -2.33. The zero-order valence-electron chi connectivity index (χ0n) is 32.2. The number of amides is 2. The molecule has 2 N–H and O–H groups in total. The lowest BCUT2D eigenvalue weighted by atomic mass is 9.93. The van der Waals surface area contributed by atoms with Gasteiger partial charge in [0.2, 0.25) is 5.88 Å². The van der Waals surface area contributed by atoms with Crippen molar-refractivity contribution in [3.63, 3.8) is 0 Å². The SMILES string of the molecule is CC.CC(C)(C)OC(=O)N1CC(CCCCCNc2cccc(SNC(=O)c3ccc(-n4ccc(OCCC5(C(F)(F)F)CC5)n4)nc3Cl)n2)CC1(C)C. The van der Waals surface area contributed by atoms with Crippen molar-refractivity contribution in [3.8, 4) is 11.7 Å². The van der Waals surface area contributed by atoms with Crippen molar-refractivity contribution < 1.29 is 32.2 Å². The van der Waals surface area contributed by atoms with Gasteiger partial charge in [-0.15, -0.1) is 5.10 Å². The molecule has 0 spiro atoms. The molecule has 1 saturated heterocycles. The van der Waals surface area contributed by atoms with E-state index in [9.17, 15) is 22.8 Å². The van der Waals surface area contributed by atoms with Gasteiger partial charge in [0.05, 0.1) is 17.6 Å². The molecule has 16 heteroatoms. The van der Waals surface area contributed by atoms with E-state index in [4.69, 9.17) is 21.1 Å². The molecule has 1 saturated carbocycles. The topological polar surface area (TPSA) is 124 Å². The summed E-state index contributed by atoms with van der Waals surface area (Å²) in [5, 5.41) is 8.10. The Morgan fingerprint density at radius 1 is 1.04 bits per heavy atom. The number of nitrogens with one attached hydrogen (secondary N) is 2. The first kappa shape index (κ1) is 43.0. The van der Waals surface area contributed by atoms with E-state index in [2.05, 4.69) is 39.0 Å². The lowest BCUT2D eigenvalue weighted by Crippen LogP contribution is -2.45. The number of nitrogens with zero attached hydrogens (tertiary/aromatic N) is 5. The highest BCUT2D eigenvalue weighted by atomic mass is 35.5. The van der Waals surface area contributed by atoms with Gasteiger partial charge in [-0.05, 0) is 103 Å². The molecule has 5 rings (SSSR count). The van der Waals surface area contributed by atoms with Gasteiger partial charge in [-0.25, -0.2) is 19.4 Å². The first-order valence-electron chi connectivity index (χ1n) is 18.6. The van der Waals surface area contributed by atoms with Crippen LogP contribution in [0.4, 0.5) is 23.8 Å². The predicted molar refractivity (Wildman–Crippen MR) is 205 cm³/mol. The summed E-state index contributed by atoms with van der Waals surface area (Å²) in [5.41, 5.74) is -2.21. The summed E-state index contributed by atoms with van der Waals surface area (Å²) in [6.07, 6.45) is 2.33. The summed E-state index contributed by atoms with van der Waals surface area (Å²) < 4.78 is 54.6. The maximum absolute atomic E-state index is 13.2. The van der Waals surface area contributed by atoms with Crippen molar-refractivity contribution in [2.24, 2.45) is 11.3 Å². The minimum Gasteiger partial charge on any atom is -0.477 e. The van der Waals surface area contributed by atoms with Crippen molar-refractivity contribution >= 4 is 41.4 Å². The Morgan fingerprint density at radius 2 is 1.78 bits per heavy atom. The Kier molecular flexibility index (Phi) is 14.6. The van der Waals surface area contributed by atoms with Crippen LogP contribution in [0.25, 0.3) is 5.82 Å². The van der Waals surface area contributed by atoms with Crippen molar-refractivity contribution in [1.29, 1.82) is 0 Å². The highest BCUT2D eigenvalue weighted by Crippen LogP contribution is 2.59. The van der Waals surface area contributed by atoms with E-state index in [1.54, 1.807) is 18.3 Å². The van der Waals surface area contributed by atoms with Gasteiger partial charge in [-0.2, -0.15) is 13.2 Å². The molecule has 3 aromatic rings. The van der Waals surface area contributed by atoms with Gasteiger partial charge < -0.3 is 19.7 Å². The quantitative estimate of drug-likeness (QED) is 0.0879. The molecule has 1 unspecified atom stereocenters. The minimum absolute atomic E-state index is 0.0465. The van der Waals surface area contributed by atoms with Crippen LogP contribution in [0.5, 0.6) is 5.88 Å². The molecule has 0 bridgehead atoms. The van der Waals surface area contributed by atoms with Crippen LogP contribution in [-0.2, 0) is 4.74 Å². The molecule has 0 radical (unpaired) electrons. The van der Waals surface area contributed by atoms with Gasteiger partial charge in [-0.1, -0.05) is 44.4 Å². The fraction of sp³-hybridized carbons (Fsp3) is 0.605. The van der Waals surface area contributed by atoms with Crippen LogP contribution in [-0.4, -0.2) is 73.7 Å². The number of hydrogen-bond acceptors (Lipinski definition) is 9. The van der Waals surface area contributed by atoms with E-state index in [0.717, 1.165) is 57.1 Å². The van der Waals surface area contributed by atoms with E-state index < -0.39 is 23.1 Å². The standard InChI is InChI=1S/C36H47ClF3N7O4S.C2H6/c1-33(2,3)51-32(49)46-23-24(22-34(46,4)5)10-7-6-8-19-41-26-11-9-12-29(42-26)52-45-31(48)25-13-14-27(43-30(25)37)47-20-15-28(44-47)50-21-18-35(16-17-35)36(38,39)40;1-2/h9,11-15,20,24H,6-8,10,16-19,21-23H2,1-5H3,(H,41,42)(H,45,48);1-2H3. The highest BCUT2D eigenvalue weighted by molar-refractivity contribution is 7.97. The van der Waals surface area contributed by atoms with E-state index in [0.29, 0.717) is 22.6 Å². The molecule has 2 amide bonds.